The van der Waals surface area contributed by atoms with Crippen LogP contribution in [-0.4, -0.2) is 42.0 Å². The molecule has 0 unspecified atom stereocenters. The van der Waals surface area contributed by atoms with E-state index in [0.29, 0.717) is 25.1 Å². The predicted octanol–water partition coefficient (Wildman–Crippen LogP) is 4.54. The minimum atomic E-state index is -0.573. The van der Waals surface area contributed by atoms with E-state index in [1.807, 2.05) is 50.2 Å². The van der Waals surface area contributed by atoms with Gasteiger partial charge in [-0.3, -0.25) is 9.78 Å². The van der Waals surface area contributed by atoms with Gasteiger partial charge in [-0.15, -0.1) is 0 Å². The molecule has 1 aromatic carbocycles. The lowest BCUT2D eigenvalue weighted by molar-refractivity contribution is -0.119. The highest BCUT2D eigenvalue weighted by atomic mass is 16.5. The summed E-state index contributed by atoms with van der Waals surface area (Å²) in [6.07, 6.45) is 4.53. The summed E-state index contributed by atoms with van der Waals surface area (Å²) in [6.45, 7) is 11.9. The number of rotatable bonds is 12. The Hall–Kier alpha value is -3.17. The molecule has 0 bridgehead atoms. The molecule has 1 amide bonds. The van der Waals surface area contributed by atoms with Crippen LogP contribution in [0.25, 0.3) is 6.08 Å². The van der Waals surface area contributed by atoms with Crippen molar-refractivity contribution in [2.24, 2.45) is 0 Å². The van der Waals surface area contributed by atoms with E-state index in [1.165, 1.54) is 6.08 Å². The van der Waals surface area contributed by atoms with Gasteiger partial charge in [0.1, 0.15) is 24.0 Å². The van der Waals surface area contributed by atoms with Gasteiger partial charge < -0.3 is 15.0 Å². The number of nitrogens with one attached hydrogen (secondary N) is 1. The van der Waals surface area contributed by atoms with Crippen LogP contribution in [0.15, 0.2) is 54.2 Å². The maximum absolute atomic E-state index is 13.0. The Morgan fingerprint density at radius 1 is 1.12 bits per heavy atom. The molecule has 2 rings (SSSR count). The largest absolute Gasteiger partial charge is 0.492 e. The first-order chi connectivity index (χ1) is 15.5. The molecule has 170 valence electrons. The van der Waals surface area contributed by atoms with Crippen LogP contribution in [0.1, 0.15) is 51.8 Å². The number of aromatic nitrogens is 1. The summed E-state index contributed by atoms with van der Waals surface area (Å²) in [5, 5.41) is 12.6. The van der Waals surface area contributed by atoms with Gasteiger partial charge in [-0.2, -0.15) is 5.26 Å². The van der Waals surface area contributed by atoms with Crippen molar-refractivity contribution in [3.63, 3.8) is 0 Å². The second-order valence-corrected chi connectivity index (χ2v) is 7.57. The average Bonchev–Trinajstić information content (AvgIpc) is 2.84. The van der Waals surface area contributed by atoms with Crippen molar-refractivity contribution in [1.29, 1.82) is 5.26 Å². The van der Waals surface area contributed by atoms with Gasteiger partial charge in [0.2, 0.25) is 0 Å². The molecule has 0 saturated carbocycles. The summed E-state index contributed by atoms with van der Waals surface area (Å²) in [7, 11) is 0. The van der Waals surface area contributed by atoms with Gasteiger partial charge >= 0.3 is 0 Å². The van der Waals surface area contributed by atoms with Crippen molar-refractivity contribution >= 4 is 12.0 Å². The topological polar surface area (TPSA) is 78.2 Å². The fraction of sp³-hybridized carbons (Fsp3) is 0.423. The molecule has 0 saturated heterocycles. The number of nitrogens with zero attached hydrogens (tertiary/aromatic N) is 3. The fourth-order valence-electron chi connectivity index (χ4n) is 3.65. The third kappa shape index (κ3) is 6.66. The number of hydrogen-bond acceptors (Lipinski definition) is 5. The second kappa shape index (κ2) is 12.6. The van der Waals surface area contributed by atoms with E-state index in [0.717, 1.165) is 30.9 Å². The number of ether oxygens (including phenoxy) is 1. The summed E-state index contributed by atoms with van der Waals surface area (Å²) in [5.41, 5.74) is 1.02. The zero-order valence-corrected chi connectivity index (χ0v) is 19.6. The summed E-state index contributed by atoms with van der Waals surface area (Å²) in [5.74, 6) is 0.405. The molecule has 1 heterocycles. The first-order valence-corrected chi connectivity index (χ1v) is 11.3. The Morgan fingerprint density at radius 2 is 1.81 bits per heavy atom. The molecule has 0 aliphatic rings. The van der Waals surface area contributed by atoms with Crippen LogP contribution in [-0.2, 0) is 10.3 Å². The predicted molar refractivity (Wildman–Crippen MR) is 128 cm³/mol. The molecule has 0 aliphatic carbocycles. The molecule has 6 nitrogen and oxygen atoms in total. The molecule has 2 aromatic rings. The van der Waals surface area contributed by atoms with Crippen LogP contribution >= 0.6 is 0 Å². The maximum Gasteiger partial charge on any atom is 0.262 e. The van der Waals surface area contributed by atoms with Crippen LogP contribution in [0, 0.1) is 11.3 Å². The number of likely N-dealkylation sites (N-methyl/N-ethyl adjacent to an activating group) is 1. The first kappa shape index (κ1) is 25.1. The quantitative estimate of drug-likeness (QED) is 0.392. The van der Waals surface area contributed by atoms with E-state index in [2.05, 4.69) is 29.0 Å². The number of pyridine rings is 1. The van der Waals surface area contributed by atoms with E-state index in [-0.39, 0.29) is 5.57 Å². The highest BCUT2D eigenvalue weighted by molar-refractivity contribution is 6.01. The Morgan fingerprint density at radius 3 is 2.34 bits per heavy atom. The van der Waals surface area contributed by atoms with Crippen molar-refractivity contribution < 1.29 is 9.53 Å². The van der Waals surface area contributed by atoms with Gasteiger partial charge in [-0.05, 0) is 61.8 Å². The van der Waals surface area contributed by atoms with Gasteiger partial charge in [-0.1, -0.05) is 45.9 Å². The summed E-state index contributed by atoms with van der Waals surface area (Å²) < 4.78 is 5.89. The number of carbonyl (C=O) groups is 1. The van der Waals surface area contributed by atoms with E-state index in [1.54, 1.807) is 18.3 Å². The van der Waals surface area contributed by atoms with Crippen molar-refractivity contribution in [2.75, 3.05) is 26.2 Å². The summed E-state index contributed by atoms with van der Waals surface area (Å²) in [6, 6.07) is 15.3. The molecular weight excluding hydrogens is 400 g/mol. The smallest absolute Gasteiger partial charge is 0.262 e. The van der Waals surface area contributed by atoms with Gasteiger partial charge in [0, 0.05) is 12.7 Å². The number of benzene rings is 1. The van der Waals surface area contributed by atoms with Crippen LogP contribution < -0.4 is 10.1 Å². The lowest BCUT2D eigenvalue weighted by atomic mass is 9.84. The zero-order valence-electron chi connectivity index (χ0n) is 19.6. The van der Waals surface area contributed by atoms with E-state index in [9.17, 15) is 10.1 Å². The van der Waals surface area contributed by atoms with Crippen LogP contribution in [0.4, 0.5) is 0 Å². The van der Waals surface area contributed by atoms with Crippen molar-refractivity contribution in [3.8, 4) is 11.8 Å². The normalized spacial score (nSPS) is 11.8. The zero-order chi connectivity index (χ0) is 23.4. The lowest BCUT2D eigenvalue weighted by Crippen LogP contribution is -2.45. The molecule has 0 spiro atoms. The monoisotopic (exact) mass is 434 g/mol. The van der Waals surface area contributed by atoms with Crippen molar-refractivity contribution in [3.05, 3.63) is 65.5 Å². The molecule has 6 heteroatoms. The van der Waals surface area contributed by atoms with Gasteiger partial charge in [0.05, 0.1) is 11.2 Å². The van der Waals surface area contributed by atoms with E-state index in [4.69, 9.17) is 4.74 Å². The van der Waals surface area contributed by atoms with Gasteiger partial charge in [0.25, 0.3) is 5.91 Å². The van der Waals surface area contributed by atoms with Crippen LogP contribution in [0.2, 0.25) is 0 Å². The van der Waals surface area contributed by atoms with Crippen LogP contribution in [0.5, 0.6) is 5.75 Å². The van der Waals surface area contributed by atoms with Gasteiger partial charge in [-0.25, -0.2) is 0 Å². The molecule has 1 aromatic heterocycles. The highest BCUT2D eigenvalue weighted by Crippen LogP contribution is 2.30. The Balaban J connectivity index is 2.14. The number of nitriles is 1. The first-order valence-electron chi connectivity index (χ1n) is 11.3. The third-order valence-electron chi connectivity index (χ3n) is 5.88. The number of amides is 1. The number of carbonyl (C=O) groups excluding carboxylic acids is 1. The van der Waals surface area contributed by atoms with E-state index >= 15 is 0 Å². The highest BCUT2D eigenvalue weighted by Gasteiger charge is 2.31. The summed E-state index contributed by atoms with van der Waals surface area (Å²) in [4.78, 5) is 19.4. The standard InChI is InChI=1S/C26H34N4O2/c1-5-26(6-2,29-25(31)21(20-27)19-23-11-9-10-16-28-23)22-12-14-24(15-13-22)32-18-17-30(7-3)8-4/h9-16,19H,5-8,17-18H2,1-4H3,(H,29,31)/b21-19+. The van der Waals surface area contributed by atoms with E-state index < -0.39 is 11.4 Å². The number of hydrogen-bond donors (Lipinski definition) is 1. The Labute approximate surface area is 191 Å². The second-order valence-electron chi connectivity index (χ2n) is 7.57. The molecule has 0 atom stereocenters. The Bertz CT molecular complexity index is 909. The maximum atomic E-state index is 13.0. The van der Waals surface area contributed by atoms with Gasteiger partial charge in [0.15, 0.2) is 0 Å². The van der Waals surface area contributed by atoms with Crippen molar-refractivity contribution in [1.82, 2.24) is 15.2 Å². The van der Waals surface area contributed by atoms with Crippen LogP contribution in [0.3, 0.4) is 0 Å². The summed E-state index contributed by atoms with van der Waals surface area (Å²) >= 11 is 0. The minimum absolute atomic E-state index is 0.0336. The molecule has 0 aliphatic heterocycles. The SMILES string of the molecule is CCN(CC)CCOc1ccc(C(CC)(CC)NC(=O)/C(C#N)=C/c2ccccn2)cc1. The van der Waals surface area contributed by atoms with Crippen molar-refractivity contribution in [2.45, 2.75) is 46.1 Å². The third-order valence-corrected chi connectivity index (χ3v) is 5.88. The minimum Gasteiger partial charge on any atom is -0.492 e. The Kier molecular flexibility index (Phi) is 9.90. The lowest BCUT2D eigenvalue weighted by Gasteiger charge is -2.33. The average molecular weight is 435 g/mol. The molecule has 32 heavy (non-hydrogen) atoms. The molecule has 0 radical (unpaired) electrons. The fourth-order valence-corrected chi connectivity index (χ4v) is 3.65. The molecule has 0 fully saturated rings. The molecular formula is C26H34N4O2. The molecule has 1 N–H and O–H groups in total.